The molecule has 1 N–H and O–H groups in total. The van der Waals surface area contributed by atoms with Gasteiger partial charge in [-0.05, 0) is 25.2 Å². The van der Waals surface area contributed by atoms with E-state index in [1.54, 1.807) is 0 Å². The predicted octanol–water partition coefficient (Wildman–Crippen LogP) is 2.24. The van der Waals surface area contributed by atoms with E-state index in [0.717, 1.165) is 19.8 Å². The van der Waals surface area contributed by atoms with Gasteiger partial charge in [0.25, 0.3) is 0 Å². The van der Waals surface area contributed by atoms with Crippen molar-refractivity contribution in [3.05, 3.63) is 0 Å². The van der Waals surface area contributed by atoms with E-state index in [2.05, 4.69) is 39.2 Å². The molecule has 0 heterocycles. The van der Waals surface area contributed by atoms with Crippen molar-refractivity contribution in [1.82, 2.24) is 5.32 Å². The van der Waals surface area contributed by atoms with Crippen LogP contribution in [0.2, 0.25) is 18.1 Å². The fourth-order valence-electron chi connectivity index (χ4n) is 0.849. The van der Waals surface area contributed by atoms with Gasteiger partial charge in [-0.1, -0.05) is 20.8 Å². The minimum Gasteiger partial charge on any atom is -0.414 e. The Balaban J connectivity index is 3.58. The molecule has 4 heteroatoms. The molecule has 92 valence electrons. The topological polar surface area (TPSA) is 30.5 Å². The Labute approximate surface area is 95.7 Å². The second-order valence-electron chi connectivity index (χ2n) is 5.32. The number of hydrogen-bond acceptors (Lipinski definition) is 3. The molecule has 0 aliphatic rings. The highest BCUT2D eigenvalue weighted by Crippen LogP contribution is 2.36. The smallest absolute Gasteiger partial charge is 0.192 e. The summed E-state index contributed by atoms with van der Waals surface area (Å²) in [5, 5.41) is 3.33. The first kappa shape index (κ1) is 15.1. The molecule has 0 saturated heterocycles. The molecule has 15 heavy (non-hydrogen) atoms. The van der Waals surface area contributed by atoms with Crippen LogP contribution in [0.5, 0.6) is 0 Å². The van der Waals surface area contributed by atoms with Gasteiger partial charge in [0.05, 0.1) is 19.8 Å². The van der Waals surface area contributed by atoms with E-state index in [1.807, 2.05) is 7.05 Å². The molecule has 0 aliphatic carbocycles. The van der Waals surface area contributed by atoms with E-state index >= 15 is 0 Å². The SMILES string of the molecule is CNCCOCCO[Si](C)(C)C(C)(C)C. The van der Waals surface area contributed by atoms with E-state index in [9.17, 15) is 0 Å². The quantitative estimate of drug-likeness (QED) is 0.540. The van der Waals surface area contributed by atoms with Crippen LogP contribution in [-0.2, 0) is 9.16 Å². The lowest BCUT2D eigenvalue weighted by Crippen LogP contribution is -2.41. The van der Waals surface area contributed by atoms with Gasteiger partial charge in [0.1, 0.15) is 0 Å². The second kappa shape index (κ2) is 6.63. The van der Waals surface area contributed by atoms with E-state index in [4.69, 9.17) is 9.16 Å². The van der Waals surface area contributed by atoms with Gasteiger partial charge in [-0.2, -0.15) is 0 Å². The summed E-state index contributed by atoms with van der Waals surface area (Å²) in [4.78, 5) is 0. The molecule has 0 aromatic heterocycles. The van der Waals surface area contributed by atoms with Crippen molar-refractivity contribution in [2.75, 3.05) is 33.4 Å². The number of likely N-dealkylation sites (N-methyl/N-ethyl adjacent to an activating group) is 1. The lowest BCUT2D eigenvalue weighted by atomic mass is 10.2. The van der Waals surface area contributed by atoms with Gasteiger partial charge in [0.2, 0.25) is 0 Å². The minimum atomic E-state index is -1.57. The minimum absolute atomic E-state index is 0.290. The second-order valence-corrected chi connectivity index (χ2v) is 10.1. The summed E-state index contributed by atoms with van der Waals surface area (Å²) in [7, 11) is 0.357. The van der Waals surface area contributed by atoms with Gasteiger partial charge in [-0.15, -0.1) is 0 Å². The third kappa shape index (κ3) is 6.30. The third-order valence-corrected chi connectivity index (χ3v) is 7.53. The van der Waals surface area contributed by atoms with Crippen LogP contribution in [0.1, 0.15) is 20.8 Å². The zero-order chi connectivity index (χ0) is 11.9. The van der Waals surface area contributed by atoms with Crippen LogP contribution in [-0.4, -0.2) is 41.7 Å². The average Bonchev–Trinajstić information content (AvgIpc) is 2.09. The molecule has 0 spiro atoms. The molecule has 0 saturated carbocycles. The molecule has 0 aromatic rings. The molecule has 3 nitrogen and oxygen atoms in total. The Kier molecular flexibility index (Phi) is 6.67. The van der Waals surface area contributed by atoms with Gasteiger partial charge in [-0.3, -0.25) is 0 Å². The van der Waals surface area contributed by atoms with Gasteiger partial charge >= 0.3 is 0 Å². The highest BCUT2D eigenvalue weighted by atomic mass is 28.4. The van der Waals surface area contributed by atoms with E-state index in [0.29, 0.717) is 6.61 Å². The maximum atomic E-state index is 5.97. The Hall–Kier alpha value is 0.0969. The van der Waals surface area contributed by atoms with Gasteiger partial charge in [-0.25, -0.2) is 0 Å². The monoisotopic (exact) mass is 233 g/mol. The summed E-state index contributed by atoms with van der Waals surface area (Å²) >= 11 is 0. The van der Waals surface area contributed by atoms with Crippen LogP contribution >= 0.6 is 0 Å². The first-order valence-corrected chi connectivity index (χ1v) is 8.58. The van der Waals surface area contributed by atoms with Crippen LogP contribution in [0.25, 0.3) is 0 Å². The van der Waals surface area contributed by atoms with Crippen LogP contribution < -0.4 is 5.32 Å². The number of rotatable bonds is 7. The Bertz CT molecular complexity index is 166. The van der Waals surface area contributed by atoms with Crippen LogP contribution in [0.4, 0.5) is 0 Å². The maximum Gasteiger partial charge on any atom is 0.192 e. The molecule has 0 amide bonds. The fraction of sp³-hybridized carbons (Fsp3) is 1.00. The maximum absolute atomic E-state index is 5.97. The van der Waals surface area contributed by atoms with Gasteiger partial charge in [0, 0.05) is 6.54 Å². The van der Waals surface area contributed by atoms with Crippen molar-refractivity contribution >= 4 is 8.32 Å². The standard InChI is InChI=1S/C11H27NO2Si/c1-11(2,3)15(5,6)14-10-9-13-8-7-12-4/h12H,7-10H2,1-6H3. The largest absolute Gasteiger partial charge is 0.414 e. The molecule has 0 radical (unpaired) electrons. The average molecular weight is 233 g/mol. The van der Waals surface area contributed by atoms with E-state index in [1.165, 1.54) is 0 Å². The Morgan fingerprint density at radius 2 is 1.67 bits per heavy atom. The number of hydrogen-bond donors (Lipinski definition) is 1. The zero-order valence-electron chi connectivity index (χ0n) is 11.1. The summed E-state index contributed by atoms with van der Waals surface area (Å²) in [5.41, 5.74) is 0. The first-order chi connectivity index (χ1) is 6.81. The molecule has 0 atom stereocenters. The van der Waals surface area contributed by atoms with Crippen LogP contribution in [0.15, 0.2) is 0 Å². The highest BCUT2D eigenvalue weighted by molar-refractivity contribution is 6.74. The molecule has 0 bridgehead atoms. The summed E-state index contributed by atoms with van der Waals surface area (Å²) in [6.45, 7) is 14.4. The molecular weight excluding hydrogens is 206 g/mol. The number of nitrogens with one attached hydrogen (secondary N) is 1. The van der Waals surface area contributed by atoms with Crippen molar-refractivity contribution in [3.63, 3.8) is 0 Å². The number of ether oxygens (including phenoxy) is 1. The molecule has 0 rings (SSSR count). The molecule has 0 aromatic carbocycles. The lowest BCUT2D eigenvalue weighted by molar-refractivity contribution is 0.0978. The summed E-state index contributed by atoms with van der Waals surface area (Å²) in [5.74, 6) is 0. The van der Waals surface area contributed by atoms with Gasteiger partial charge in [0.15, 0.2) is 8.32 Å². The van der Waals surface area contributed by atoms with Crippen LogP contribution in [0.3, 0.4) is 0 Å². The third-order valence-electron chi connectivity index (χ3n) is 2.99. The predicted molar refractivity (Wildman–Crippen MR) is 67.9 cm³/mol. The van der Waals surface area contributed by atoms with Crippen LogP contribution in [0, 0.1) is 0 Å². The van der Waals surface area contributed by atoms with E-state index in [-0.39, 0.29) is 5.04 Å². The normalized spacial score (nSPS) is 13.2. The Morgan fingerprint density at radius 3 is 2.13 bits per heavy atom. The molecule has 0 aliphatic heterocycles. The van der Waals surface area contributed by atoms with Crippen molar-refractivity contribution < 1.29 is 9.16 Å². The lowest BCUT2D eigenvalue weighted by Gasteiger charge is -2.36. The van der Waals surface area contributed by atoms with Gasteiger partial charge < -0.3 is 14.5 Å². The summed E-state index contributed by atoms with van der Waals surface area (Å²) in [6, 6.07) is 0. The molecule has 0 unspecified atom stereocenters. The first-order valence-electron chi connectivity index (χ1n) is 5.67. The van der Waals surface area contributed by atoms with Crippen molar-refractivity contribution in [2.24, 2.45) is 0 Å². The molecule has 0 fully saturated rings. The van der Waals surface area contributed by atoms with Crippen molar-refractivity contribution in [2.45, 2.75) is 38.9 Å². The van der Waals surface area contributed by atoms with Crippen molar-refractivity contribution in [1.29, 1.82) is 0 Å². The molecular formula is C11H27NO2Si. The summed E-state index contributed by atoms with van der Waals surface area (Å²) < 4.78 is 11.4. The van der Waals surface area contributed by atoms with E-state index < -0.39 is 8.32 Å². The zero-order valence-corrected chi connectivity index (χ0v) is 12.1. The summed E-state index contributed by atoms with van der Waals surface area (Å²) in [6.07, 6.45) is 0. The van der Waals surface area contributed by atoms with Crippen molar-refractivity contribution in [3.8, 4) is 0 Å². The highest BCUT2D eigenvalue weighted by Gasteiger charge is 2.36. The fourth-order valence-corrected chi connectivity index (χ4v) is 1.88. The Morgan fingerprint density at radius 1 is 1.07 bits per heavy atom.